The van der Waals surface area contributed by atoms with Crippen molar-refractivity contribution in [3.05, 3.63) is 0 Å². The fraction of sp³-hybridized carbons (Fsp3) is 0.947. The van der Waals surface area contributed by atoms with Crippen LogP contribution < -0.4 is 0 Å². The van der Waals surface area contributed by atoms with Gasteiger partial charge in [-0.15, -0.1) is 0 Å². The highest BCUT2D eigenvalue weighted by Gasteiger charge is 2.30. The second kappa shape index (κ2) is 65.4. The Morgan fingerprint density at radius 1 is 0.263 bits per heavy atom. The molecule has 0 radical (unpaired) electrons. The van der Waals surface area contributed by atoms with Gasteiger partial charge in [-0.3, -0.25) is 37.3 Å². The molecule has 0 heterocycles. The minimum absolute atomic E-state index is 0.106. The maximum absolute atomic E-state index is 13.1. The van der Waals surface area contributed by atoms with Gasteiger partial charge >= 0.3 is 39.5 Å². The van der Waals surface area contributed by atoms with E-state index >= 15 is 0 Å². The van der Waals surface area contributed by atoms with E-state index in [-0.39, 0.29) is 25.7 Å². The number of aliphatic hydroxyl groups is 1. The molecular weight excluding hydrogens is 1250 g/mol. The molecular formula is C76H148O17P2. The van der Waals surface area contributed by atoms with Crippen molar-refractivity contribution in [2.45, 2.75) is 401 Å². The summed E-state index contributed by atoms with van der Waals surface area (Å²) >= 11 is 0. The third-order valence-corrected chi connectivity index (χ3v) is 19.5. The Morgan fingerprint density at radius 3 is 0.653 bits per heavy atom. The molecule has 0 spiro atoms. The predicted octanol–water partition coefficient (Wildman–Crippen LogP) is 22.0. The zero-order valence-corrected chi connectivity index (χ0v) is 64.1. The van der Waals surface area contributed by atoms with Crippen LogP contribution in [0.1, 0.15) is 383 Å². The lowest BCUT2D eigenvalue weighted by Crippen LogP contribution is -2.30. The molecule has 0 saturated carbocycles. The fourth-order valence-electron chi connectivity index (χ4n) is 11.6. The van der Waals surface area contributed by atoms with Gasteiger partial charge in [0.25, 0.3) is 0 Å². The highest BCUT2D eigenvalue weighted by molar-refractivity contribution is 7.47. The molecule has 0 aromatic carbocycles. The standard InChI is InChI=1S/C76H148O17P2/c1-66(2)52-44-36-28-21-16-12-9-10-14-18-24-33-42-50-58-76(81)93-72(63-87-74(79)57-49-41-35-27-31-39-47-55-69(7)8)65-91-95(84,85)89-61-70(77)60-88-94(82,83)90-64-71(62-86-73(78)56-48-40-32-26-20-23-30-38-46-54-68(5)6)92-75(80)59-51-43-34-25-19-15-11-13-17-22-29-37-45-53-67(3)4/h66-72,77H,9-65H2,1-8H3,(H,82,83)(H,84,85)/t70?,71-,72-/m1/s1. The average molecular weight is 1400 g/mol. The smallest absolute Gasteiger partial charge is 0.462 e. The molecule has 0 aromatic heterocycles. The normalized spacial score (nSPS) is 14.1. The van der Waals surface area contributed by atoms with Gasteiger partial charge in [0.2, 0.25) is 0 Å². The van der Waals surface area contributed by atoms with E-state index in [0.717, 1.165) is 114 Å². The fourth-order valence-corrected chi connectivity index (χ4v) is 13.1. The zero-order chi connectivity index (χ0) is 70.3. The van der Waals surface area contributed by atoms with Crippen molar-refractivity contribution in [2.24, 2.45) is 23.7 Å². The number of phosphoric acid groups is 2. The number of hydrogen-bond acceptors (Lipinski definition) is 15. The molecule has 95 heavy (non-hydrogen) atoms. The average Bonchev–Trinajstić information content (AvgIpc) is 3.09. The number of carbonyl (C=O) groups is 4. The summed E-state index contributed by atoms with van der Waals surface area (Å²) in [6.07, 6.45) is 50.0. The summed E-state index contributed by atoms with van der Waals surface area (Å²) in [5, 5.41) is 10.6. The molecule has 0 fully saturated rings. The Morgan fingerprint density at radius 2 is 0.442 bits per heavy atom. The van der Waals surface area contributed by atoms with Gasteiger partial charge in [0.05, 0.1) is 26.4 Å². The van der Waals surface area contributed by atoms with Crippen molar-refractivity contribution >= 4 is 39.5 Å². The second-order valence-electron chi connectivity index (χ2n) is 29.3. The maximum Gasteiger partial charge on any atom is 0.472 e. The third kappa shape index (κ3) is 70.3. The van der Waals surface area contributed by atoms with Crippen LogP contribution in [-0.4, -0.2) is 96.7 Å². The van der Waals surface area contributed by atoms with Crippen molar-refractivity contribution in [1.82, 2.24) is 0 Å². The summed E-state index contributed by atoms with van der Waals surface area (Å²) in [6, 6.07) is 0. The molecule has 0 saturated heterocycles. The highest BCUT2D eigenvalue weighted by atomic mass is 31.2. The molecule has 0 amide bonds. The molecule has 0 aliphatic carbocycles. The molecule has 0 aliphatic rings. The van der Waals surface area contributed by atoms with E-state index in [2.05, 4.69) is 55.4 Å². The van der Waals surface area contributed by atoms with E-state index in [9.17, 15) is 43.2 Å². The molecule has 19 heteroatoms. The van der Waals surface area contributed by atoms with Crippen LogP contribution in [0.5, 0.6) is 0 Å². The number of ether oxygens (including phenoxy) is 4. The van der Waals surface area contributed by atoms with Gasteiger partial charge in [0.1, 0.15) is 19.3 Å². The Balaban J connectivity index is 5.24. The Labute approximate surface area is 581 Å². The third-order valence-electron chi connectivity index (χ3n) is 17.6. The van der Waals surface area contributed by atoms with E-state index in [0.29, 0.717) is 31.6 Å². The lowest BCUT2D eigenvalue weighted by atomic mass is 10.0. The SMILES string of the molecule is CC(C)CCCCCCCCCCCCCCCCC(=O)O[C@H](COC(=O)CCCCCCCCCC(C)C)COP(=O)(O)OCC(O)COP(=O)(O)OC[C@@H](COC(=O)CCCCCCCCCCCC(C)C)OC(=O)CCCCCCCCCCCCCCCC(C)C. The quantitative estimate of drug-likeness (QED) is 0.0222. The number of esters is 4. The first kappa shape index (κ1) is 93.1. The van der Waals surface area contributed by atoms with Gasteiger partial charge in [-0.25, -0.2) is 9.13 Å². The van der Waals surface area contributed by atoms with Gasteiger partial charge in [-0.1, -0.05) is 331 Å². The van der Waals surface area contributed by atoms with E-state index < -0.39 is 97.5 Å². The summed E-state index contributed by atoms with van der Waals surface area (Å²) < 4.78 is 68.5. The van der Waals surface area contributed by atoms with Crippen LogP contribution in [-0.2, 0) is 65.4 Å². The predicted molar refractivity (Wildman–Crippen MR) is 386 cm³/mol. The highest BCUT2D eigenvalue weighted by Crippen LogP contribution is 2.45. The van der Waals surface area contributed by atoms with Crippen LogP contribution in [0.25, 0.3) is 0 Å². The zero-order valence-electron chi connectivity index (χ0n) is 62.3. The minimum atomic E-state index is -4.96. The maximum atomic E-state index is 13.1. The van der Waals surface area contributed by atoms with Crippen molar-refractivity contribution < 1.29 is 80.2 Å². The lowest BCUT2D eigenvalue weighted by Gasteiger charge is -2.21. The van der Waals surface area contributed by atoms with Gasteiger partial charge in [-0.05, 0) is 49.4 Å². The van der Waals surface area contributed by atoms with Crippen LogP contribution >= 0.6 is 15.6 Å². The van der Waals surface area contributed by atoms with Crippen molar-refractivity contribution in [1.29, 1.82) is 0 Å². The summed E-state index contributed by atoms with van der Waals surface area (Å²) in [5.74, 6) is 0.909. The van der Waals surface area contributed by atoms with E-state index in [1.807, 2.05) is 0 Å². The monoisotopic (exact) mass is 1400 g/mol. The number of unbranched alkanes of at least 4 members (excludes halogenated alkanes) is 39. The van der Waals surface area contributed by atoms with Gasteiger partial charge in [-0.2, -0.15) is 0 Å². The van der Waals surface area contributed by atoms with E-state index in [1.165, 1.54) is 180 Å². The van der Waals surface area contributed by atoms with Crippen LogP contribution in [0, 0.1) is 23.7 Å². The molecule has 0 rings (SSSR count). The van der Waals surface area contributed by atoms with Gasteiger partial charge < -0.3 is 33.8 Å². The Bertz CT molecular complexity index is 1870. The van der Waals surface area contributed by atoms with Crippen molar-refractivity contribution in [3.63, 3.8) is 0 Å². The molecule has 3 N–H and O–H groups in total. The summed E-state index contributed by atoms with van der Waals surface area (Å²) in [5.41, 5.74) is 0. The second-order valence-corrected chi connectivity index (χ2v) is 32.2. The molecule has 5 atom stereocenters. The number of phosphoric ester groups is 2. The Kier molecular flexibility index (Phi) is 64.0. The van der Waals surface area contributed by atoms with Gasteiger partial charge in [0.15, 0.2) is 12.2 Å². The largest absolute Gasteiger partial charge is 0.472 e. The van der Waals surface area contributed by atoms with Crippen LogP contribution in [0.2, 0.25) is 0 Å². The Hall–Kier alpha value is -1.94. The summed E-state index contributed by atoms with van der Waals surface area (Å²) in [4.78, 5) is 72.8. The van der Waals surface area contributed by atoms with Crippen LogP contribution in [0.15, 0.2) is 0 Å². The van der Waals surface area contributed by atoms with Crippen LogP contribution in [0.4, 0.5) is 0 Å². The van der Waals surface area contributed by atoms with E-state index in [4.69, 9.17) is 37.0 Å². The first-order valence-electron chi connectivity index (χ1n) is 39.2. The number of aliphatic hydroxyl groups excluding tert-OH is 1. The molecule has 0 bridgehead atoms. The number of hydrogen-bond donors (Lipinski definition) is 3. The van der Waals surface area contributed by atoms with Crippen molar-refractivity contribution in [2.75, 3.05) is 39.6 Å². The molecule has 17 nitrogen and oxygen atoms in total. The first-order valence-corrected chi connectivity index (χ1v) is 42.2. The molecule has 0 aromatic rings. The number of rotatable bonds is 73. The van der Waals surface area contributed by atoms with E-state index in [1.54, 1.807) is 0 Å². The molecule has 3 unspecified atom stereocenters. The van der Waals surface area contributed by atoms with Gasteiger partial charge in [0, 0.05) is 25.7 Å². The van der Waals surface area contributed by atoms with Crippen LogP contribution in [0.3, 0.4) is 0 Å². The summed E-state index contributed by atoms with van der Waals surface area (Å²) in [7, 11) is -9.91. The van der Waals surface area contributed by atoms with Crippen molar-refractivity contribution in [3.8, 4) is 0 Å². The summed E-state index contributed by atoms with van der Waals surface area (Å²) in [6.45, 7) is 14.2. The molecule has 564 valence electrons. The first-order chi connectivity index (χ1) is 45.6. The topological polar surface area (TPSA) is 237 Å². The lowest BCUT2D eigenvalue weighted by molar-refractivity contribution is -0.161. The molecule has 0 aliphatic heterocycles. The minimum Gasteiger partial charge on any atom is -0.462 e. The number of carbonyl (C=O) groups excluding carboxylic acids is 4.